The lowest BCUT2D eigenvalue weighted by atomic mass is 10.1. The third kappa shape index (κ3) is 2.42. The number of aryl methyl sites for hydroxylation is 1. The van der Waals surface area contributed by atoms with E-state index in [2.05, 4.69) is 11.1 Å². The summed E-state index contributed by atoms with van der Waals surface area (Å²) in [4.78, 5) is 17.7. The van der Waals surface area contributed by atoms with Gasteiger partial charge in [0, 0.05) is 5.92 Å². The molecule has 1 heterocycles. The van der Waals surface area contributed by atoms with E-state index < -0.39 is 0 Å². The molecule has 0 aliphatic carbocycles. The number of nitrogen functional groups attached to an aromatic ring is 1. The van der Waals surface area contributed by atoms with E-state index in [1.165, 1.54) is 0 Å². The molecule has 0 fully saturated rings. The Morgan fingerprint density at radius 2 is 1.83 bits per heavy atom. The first-order valence-electron chi connectivity index (χ1n) is 7.76. The average Bonchev–Trinajstić information content (AvgIpc) is 2.55. The Bertz CT molecular complexity index is 1020. The zero-order chi connectivity index (χ0) is 17.4. The number of aromatic nitrogens is 2. The van der Waals surface area contributed by atoms with Crippen LogP contribution in [0, 0.1) is 18.3 Å². The third-order valence-corrected chi connectivity index (χ3v) is 4.02. The Balaban J connectivity index is 2.46. The summed E-state index contributed by atoms with van der Waals surface area (Å²) in [5.74, 6) is 0.620. The summed E-state index contributed by atoms with van der Waals surface area (Å²) in [6.45, 7) is 5.93. The van der Waals surface area contributed by atoms with Crippen LogP contribution in [0.2, 0.25) is 0 Å². The Hall–Kier alpha value is -3.13. The summed E-state index contributed by atoms with van der Waals surface area (Å²) in [6, 6.07) is 13.0. The van der Waals surface area contributed by atoms with Crippen LogP contribution in [0.1, 0.15) is 36.7 Å². The van der Waals surface area contributed by atoms with E-state index in [0.717, 1.165) is 11.3 Å². The summed E-state index contributed by atoms with van der Waals surface area (Å²) in [5.41, 5.74) is 8.51. The van der Waals surface area contributed by atoms with Crippen molar-refractivity contribution >= 4 is 16.6 Å². The highest BCUT2D eigenvalue weighted by molar-refractivity contribution is 5.88. The zero-order valence-corrected chi connectivity index (χ0v) is 13.9. The largest absolute Gasteiger partial charge is 0.398 e. The molecule has 2 aromatic carbocycles. The zero-order valence-electron chi connectivity index (χ0n) is 13.9. The number of hydrogen-bond donors (Lipinski definition) is 1. The summed E-state index contributed by atoms with van der Waals surface area (Å²) in [5, 5.41) is 9.77. The molecule has 0 saturated heterocycles. The highest BCUT2D eigenvalue weighted by Crippen LogP contribution is 2.24. The minimum absolute atomic E-state index is 0.0105. The molecule has 0 spiro atoms. The Morgan fingerprint density at radius 3 is 2.42 bits per heavy atom. The smallest absolute Gasteiger partial charge is 0.266 e. The molecule has 0 saturated carbocycles. The normalized spacial score (nSPS) is 11.0. The summed E-state index contributed by atoms with van der Waals surface area (Å²) >= 11 is 0. The van der Waals surface area contributed by atoms with Crippen molar-refractivity contribution in [2.75, 3.05) is 5.73 Å². The SMILES string of the molecule is Cc1ccc(-n2c(C(C)C)nc3c(C#N)c(N)ccc3c2=O)cc1. The lowest BCUT2D eigenvalue weighted by molar-refractivity contribution is 0.723. The molecule has 5 nitrogen and oxygen atoms in total. The van der Waals surface area contributed by atoms with E-state index >= 15 is 0 Å². The van der Waals surface area contributed by atoms with Crippen LogP contribution in [-0.2, 0) is 0 Å². The molecule has 3 rings (SSSR count). The highest BCUT2D eigenvalue weighted by atomic mass is 16.1. The van der Waals surface area contributed by atoms with Crippen molar-refractivity contribution in [3.05, 3.63) is 63.7 Å². The third-order valence-electron chi connectivity index (χ3n) is 4.02. The van der Waals surface area contributed by atoms with Gasteiger partial charge in [-0.15, -0.1) is 0 Å². The first kappa shape index (κ1) is 15.8. The van der Waals surface area contributed by atoms with Crippen LogP contribution < -0.4 is 11.3 Å². The molecule has 2 N–H and O–H groups in total. The van der Waals surface area contributed by atoms with Crippen molar-refractivity contribution in [2.45, 2.75) is 26.7 Å². The lowest BCUT2D eigenvalue weighted by Crippen LogP contribution is -2.25. The maximum atomic E-state index is 13.1. The van der Waals surface area contributed by atoms with Crippen LogP contribution in [-0.4, -0.2) is 9.55 Å². The van der Waals surface area contributed by atoms with Gasteiger partial charge in [0.2, 0.25) is 0 Å². The van der Waals surface area contributed by atoms with Crippen LogP contribution in [0.5, 0.6) is 0 Å². The van der Waals surface area contributed by atoms with Gasteiger partial charge in [0.15, 0.2) is 0 Å². The van der Waals surface area contributed by atoms with Gasteiger partial charge >= 0.3 is 0 Å². The molecule has 0 atom stereocenters. The molecular weight excluding hydrogens is 300 g/mol. The quantitative estimate of drug-likeness (QED) is 0.735. The van der Waals surface area contributed by atoms with Crippen molar-refractivity contribution in [1.82, 2.24) is 9.55 Å². The van der Waals surface area contributed by atoms with E-state index in [0.29, 0.717) is 22.4 Å². The fourth-order valence-corrected chi connectivity index (χ4v) is 2.73. The second-order valence-electron chi connectivity index (χ2n) is 6.14. The molecule has 0 aliphatic rings. The van der Waals surface area contributed by atoms with Crippen LogP contribution in [0.3, 0.4) is 0 Å². The minimum atomic E-state index is -0.191. The number of nitrogens with zero attached hydrogens (tertiary/aromatic N) is 3. The minimum Gasteiger partial charge on any atom is -0.398 e. The Morgan fingerprint density at radius 1 is 1.17 bits per heavy atom. The van der Waals surface area contributed by atoms with E-state index in [9.17, 15) is 10.1 Å². The number of nitriles is 1. The average molecular weight is 318 g/mol. The van der Waals surface area contributed by atoms with E-state index in [-0.39, 0.29) is 17.0 Å². The molecule has 0 unspecified atom stereocenters. The van der Waals surface area contributed by atoms with E-state index in [1.54, 1.807) is 16.7 Å². The summed E-state index contributed by atoms with van der Waals surface area (Å²) in [7, 11) is 0. The predicted molar refractivity (Wildman–Crippen MR) is 95.3 cm³/mol. The van der Waals surface area contributed by atoms with Gasteiger partial charge in [-0.2, -0.15) is 5.26 Å². The molecule has 0 radical (unpaired) electrons. The lowest BCUT2D eigenvalue weighted by Gasteiger charge is -2.17. The molecule has 3 aromatic rings. The summed E-state index contributed by atoms with van der Waals surface area (Å²) in [6.07, 6.45) is 0. The van der Waals surface area contributed by atoms with Crippen LogP contribution in [0.25, 0.3) is 16.6 Å². The second-order valence-corrected chi connectivity index (χ2v) is 6.14. The first-order chi connectivity index (χ1) is 11.4. The van der Waals surface area contributed by atoms with Gasteiger partial charge in [-0.3, -0.25) is 9.36 Å². The highest BCUT2D eigenvalue weighted by Gasteiger charge is 2.18. The van der Waals surface area contributed by atoms with Crippen LogP contribution >= 0.6 is 0 Å². The maximum absolute atomic E-state index is 13.1. The van der Waals surface area contributed by atoms with E-state index in [4.69, 9.17) is 5.73 Å². The molecule has 0 bridgehead atoms. The molecule has 0 amide bonds. The van der Waals surface area contributed by atoms with Gasteiger partial charge in [-0.1, -0.05) is 31.5 Å². The van der Waals surface area contributed by atoms with Crippen molar-refractivity contribution in [3.8, 4) is 11.8 Å². The Labute approximate surface area is 140 Å². The number of rotatable bonds is 2. The van der Waals surface area contributed by atoms with Gasteiger partial charge in [0.1, 0.15) is 17.5 Å². The van der Waals surface area contributed by atoms with Gasteiger partial charge in [-0.25, -0.2) is 4.98 Å². The van der Waals surface area contributed by atoms with Crippen molar-refractivity contribution < 1.29 is 0 Å². The molecule has 24 heavy (non-hydrogen) atoms. The van der Waals surface area contributed by atoms with Crippen molar-refractivity contribution in [1.29, 1.82) is 5.26 Å². The molecule has 120 valence electrons. The Kier molecular flexibility index (Phi) is 3.82. The van der Waals surface area contributed by atoms with Gasteiger partial charge in [0.25, 0.3) is 5.56 Å². The number of benzene rings is 2. The maximum Gasteiger partial charge on any atom is 0.266 e. The van der Waals surface area contributed by atoms with Crippen LogP contribution in [0.4, 0.5) is 5.69 Å². The van der Waals surface area contributed by atoms with Crippen molar-refractivity contribution in [3.63, 3.8) is 0 Å². The molecular formula is C19H18N4O. The van der Waals surface area contributed by atoms with Gasteiger partial charge < -0.3 is 5.73 Å². The standard InChI is InChI=1S/C19H18N4O/c1-11(2)18-22-17-14(8-9-16(21)15(17)10-20)19(24)23(18)13-6-4-12(3)5-7-13/h4-9,11H,21H2,1-3H3. The van der Waals surface area contributed by atoms with Crippen molar-refractivity contribution in [2.24, 2.45) is 0 Å². The fraction of sp³-hybridized carbons (Fsp3) is 0.211. The topological polar surface area (TPSA) is 84.7 Å². The number of nitrogens with two attached hydrogens (primary N) is 1. The number of fused-ring (bicyclic) bond motifs is 1. The molecule has 1 aromatic heterocycles. The predicted octanol–water partition coefficient (Wildman–Crippen LogP) is 3.27. The number of anilines is 1. The second kappa shape index (κ2) is 5.82. The molecule has 5 heteroatoms. The van der Waals surface area contributed by atoms with Gasteiger partial charge in [0.05, 0.1) is 22.3 Å². The monoisotopic (exact) mass is 318 g/mol. The first-order valence-corrected chi connectivity index (χ1v) is 7.76. The molecule has 0 aliphatic heterocycles. The summed E-state index contributed by atoms with van der Waals surface area (Å²) < 4.78 is 1.61. The van der Waals surface area contributed by atoms with E-state index in [1.807, 2.05) is 45.0 Å². The number of hydrogen-bond acceptors (Lipinski definition) is 4. The van der Waals surface area contributed by atoms with Gasteiger partial charge in [-0.05, 0) is 31.2 Å². The van der Waals surface area contributed by atoms with Crippen LogP contribution in [0.15, 0.2) is 41.2 Å². The fourth-order valence-electron chi connectivity index (χ4n) is 2.73.